The van der Waals surface area contributed by atoms with Gasteiger partial charge in [-0.25, -0.2) is 0 Å². The summed E-state index contributed by atoms with van der Waals surface area (Å²) in [5, 5.41) is 4.08. The van der Waals surface area contributed by atoms with E-state index in [1.807, 2.05) is 10.9 Å². The van der Waals surface area contributed by atoms with E-state index in [2.05, 4.69) is 37.1 Å². The fourth-order valence-corrected chi connectivity index (χ4v) is 1.34. The normalized spacial score (nSPS) is 14.0. The summed E-state index contributed by atoms with van der Waals surface area (Å²) in [4.78, 5) is 0. The Labute approximate surface area is 71.9 Å². The largest absolute Gasteiger partial charge is 0.241 e. The van der Waals surface area contributed by atoms with Gasteiger partial charge in [-0.05, 0) is 19.9 Å². The van der Waals surface area contributed by atoms with Crippen LogP contribution in [0, 0.1) is 13.8 Å². The maximum absolute atomic E-state index is 4.08. The third-order valence-electron chi connectivity index (χ3n) is 2.00. The first kappa shape index (κ1) is 7.22. The zero-order valence-electron chi connectivity index (χ0n) is 7.28. The van der Waals surface area contributed by atoms with Crippen LogP contribution in [0.4, 0.5) is 5.69 Å². The van der Waals surface area contributed by atoms with Crippen LogP contribution >= 0.6 is 0 Å². The monoisotopic (exact) mass is 159 g/mol. The predicted octanol–water partition coefficient (Wildman–Crippen LogP) is 2.02. The van der Waals surface area contributed by atoms with E-state index < -0.39 is 0 Å². The van der Waals surface area contributed by atoms with E-state index in [9.17, 15) is 0 Å². The number of nitrogens with zero attached hydrogens (tertiary/aromatic N) is 2. The molecule has 0 atom stereocenters. The number of hydrogen-bond donors (Lipinski definition) is 0. The van der Waals surface area contributed by atoms with Gasteiger partial charge in [-0.1, -0.05) is 16.3 Å². The highest BCUT2D eigenvalue weighted by Crippen LogP contribution is 2.20. The topological polar surface area (TPSA) is 15.4 Å². The number of rotatable bonds is 1. The van der Waals surface area contributed by atoms with E-state index in [-0.39, 0.29) is 0 Å². The van der Waals surface area contributed by atoms with Gasteiger partial charge >= 0.3 is 0 Å². The van der Waals surface area contributed by atoms with Crippen LogP contribution in [-0.2, 0) is 0 Å². The minimum absolute atomic E-state index is 1.17. The van der Waals surface area contributed by atoms with E-state index in [0.717, 1.165) is 0 Å². The Morgan fingerprint density at radius 3 is 2.50 bits per heavy atom. The Kier molecular flexibility index (Phi) is 1.54. The van der Waals surface area contributed by atoms with Crippen LogP contribution in [0.25, 0.3) is 0 Å². The third kappa shape index (κ3) is 1.05. The highest BCUT2D eigenvalue weighted by atomic mass is 15.4. The standard InChI is InChI=1S/C10H11N2/c1-8-3-4-10(9(2)7-8)12-6-5-11-12/h3-7H,1-2H3/q+1. The first-order chi connectivity index (χ1) is 5.77. The van der Waals surface area contributed by atoms with Crippen LogP contribution in [0.1, 0.15) is 11.1 Å². The molecule has 2 heteroatoms. The van der Waals surface area contributed by atoms with E-state index in [1.54, 1.807) is 6.21 Å². The third-order valence-corrected chi connectivity index (χ3v) is 2.00. The van der Waals surface area contributed by atoms with Crippen molar-refractivity contribution in [2.75, 3.05) is 0 Å². The molecule has 1 aliphatic rings. The van der Waals surface area contributed by atoms with Crippen LogP contribution in [0.3, 0.4) is 0 Å². The molecule has 0 fully saturated rings. The molecule has 0 saturated heterocycles. The second-order valence-electron chi connectivity index (χ2n) is 3.05. The van der Waals surface area contributed by atoms with Crippen molar-refractivity contribution in [2.24, 2.45) is 5.10 Å². The average Bonchev–Trinajstić information content (AvgIpc) is 1.91. The number of hydrazone groups is 1. The molecule has 12 heavy (non-hydrogen) atoms. The molecule has 1 heterocycles. The van der Waals surface area contributed by atoms with Gasteiger partial charge in [0.15, 0.2) is 6.21 Å². The molecule has 60 valence electrons. The van der Waals surface area contributed by atoms with Gasteiger partial charge in [0.2, 0.25) is 11.9 Å². The lowest BCUT2D eigenvalue weighted by Crippen LogP contribution is -2.10. The first-order valence-corrected chi connectivity index (χ1v) is 4.01. The van der Waals surface area contributed by atoms with Gasteiger partial charge in [-0.15, -0.1) is 0 Å². The molecule has 0 bridgehead atoms. The highest BCUT2D eigenvalue weighted by molar-refractivity contribution is 6.16. The maximum Gasteiger partial charge on any atom is 0.241 e. The van der Waals surface area contributed by atoms with Crippen molar-refractivity contribution in [3.8, 4) is 0 Å². The molecule has 0 unspecified atom stereocenters. The summed E-state index contributed by atoms with van der Waals surface area (Å²) < 4.78 is 1.88. The fraction of sp³-hybridized carbons (Fsp3) is 0.200. The predicted molar refractivity (Wildman–Crippen MR) is 50.4 cm³/mol. The van der Waals surface area contributed by atoms with Crippen LogP contribution in [0.5, 0.6) is 0 Å². The molecule has 0 spiro atoms. The lowest BCUT2D eigenvalue weighted by Gasteiger charge is -2.01. The minimum Gasteiger partial charge on any atom is -0.0526 e. The molecule has 0 amide bonds. The van der Waals surface area contributed by atoms with Gasteiger partial charge in [0, 0.05) is 16.7 Å². The van der Waals surface area contributed by atoms with Crippen molar-refractivity contribution in [1.29, 1.82) is 0 Å². The molecular formula is C10H11N2+. The van der Waals surface area contributed by atoms with Crippen molar-refractivity contribution in [3.05, 3.63) is 29.3 Å². The second kappa shape index (κ2) is 2.55. The Balaban J connectivity index is 2.45. The SMILES string of the molecule is Cc1ccc([N+]2=CC=N2)c(C)c1. The summed E-state index contributed by atoms with van der Waals surface area (Å²) in [5.74, 6) is 0. The van der Waals surface area contributed by atoms with Crippen LogP contribution in [0.2, 0.25) is 0 Å². The molecule has 0 aliphatic carbocycles. The molecule has 1 aromatic rings. The summed E-state index contributed by atoms with van der Waals surface area (Å²) >= 11 is 0. The minimum atomic E-state index is 1.17. The number of aryl methyl sites for hydroxylation is 2. The first-order valence-electron chi connectivity index (χ1n) is 4.01. The van der Waals surface area contributed by atoms with Crippen LogP contribution in [0.15, 0.2) is 23.3 Å². The fourth-order valence-electron chi connectivity index (χ4n) is 1.34. The summed E-state index contributed by atoms with van der Waals surface area (Å²) in [6, 6.07) is 6.36. The van der Waals surface area contributed by atoms with Gasteiger partial charge < -0.3 is 0 Å². The zero-order chi connectivity index (χ0) is 8.55. The molecule has 2 rings (SSSR count). The Bertz CT molecular complexity index is 375. The van der Waals surface area contributed by atoms with Crippen LogP contribution < -0.4 is 0 Å². The van der Waals surface area contributed by atoms with E-state index >= 15 is 0 Å². The summed E-state index contributed by atoms with van der Waals surface area (Å²) in [6.07, 6.45) is 3.75. The molecule has 1 aliphatic heterocycles. The Morgan fingerprint density at radius 2 is 2.00 bits per heavy atom. The zero-order valence-corrected chi connectivity index (χ0v) is 7.28. The Morgan fingerprint density at radius 1 is 1.25 bits per heavy atom. The molecule has 0 aromatic heterocycles. The molecule has 1 aromatic carbocycles. The van der Waals surface area contributed by atoms with E-state index in [1.165, 1.54) is 16.8 Å². The van der Waals surface area contributed by atoms with Gasteiger partial charge in [0.1, 0.15) is 0 Å². The van der Waals surface area contributed by atoms with Crippen molar-refractivity contribution in [1.82, 2.24) is 0 Å². The van der Waals surface area contributed by atoms with Crippen molar-refractivity contribution < 1.29 is 4.68 Å². The smallest absolute Gasteiger partial charge is 0.0526 e. The molecule has 0 N–H and O–H groups in total. The number of hydrogen-bond acceptors (Lipinski definition) is 1. The lowest BCUT2D eigenvalue weighted by atomic mass is 10.1. The second-order valence-corrected chi connectivity index (χ2v) is 3.05. The van der Waals surface area contributed by atoms with Gasteiger partial charge in [-0.2, -0.15) is 0 Å². The molecular weight excluding hydrogens is 148 g/mol. The molecule has 2 nitrogen and oxygen atoms in total. The summed E-state index contributed by atoms with van der Waals surface area (Å²) in [6.45, 7) is 4.20. The summed E-state index contributed by atoms with van der Waals surface area (Å²) in [5.41, 5.74) is 3.73. The highest BCUT2D eigenvalue weighted by Gasteiger charge is 2.15. The molecule has 0 radical (unpaired) electrons. The van der Waals surface area contributed by atoms with E-state index in [0.29, 0.717) is 0 Å². The lowest BCUT2D eigenvalue weighted by molar-refractivity contribution is -0.448. The van der Waals surface area contributed by atoms with Gasteiger partial charge in [0.25, 0.3) is 0 Å². The number of benzene rings is 1. The maximum atomic E-state index is 4.08. The average molecular weight is 159 g/mol. The molecule has 0 saturated carbocycles. The van der Waals surface area contributed by atoms with Gasteiger partial charge in [0.05, 0.1) is 0 Å². The summed E-state index contributed by atoms with van der Waals surface area (Å²) in [7, 11) is 0. The van der Waals surface area contributed by atoms with Crippen molar-refractivity contribution in [3.63, 3.8) is 0 Å². The quantitative estimate of drug-likeness (QED) is 0.557. The van der Waals surface area contributed by atoms with Gasteiger partial charge in [-0.3, -0.25) is 0 Å². The van der Waals surface area contributed by atoms with E-state index in [4.69, 9.17) is 0 Å². The van der Waals surface area contributed by atoms with Crippen molar-refractivity contribution >= 4 is 18.1 Å². The van der Waals surface area contributed by atoms with Crippen molar-refractivity contribution in [2.45, 2.75) is 13.8 Å². The Hall–Kier alpha value is -1.44. The van der Waals surface area contributed by atoms with Crippen LogP contribution in [-0.4, -0.2) is 17.1 Å².